The summed E-state index contributed by atoms with van der Waals surface area (Å²) in [7, 11) is 0. The molecule has 0 spiro atoms. The van der Waals surface area contributed by atoms with E-state index in [9.17, 15) is 19.0 Å². The molecular formula is C56H54F2N4O2S2. The molecule has 0 saturated heterocycles. The lowest BCUT2D eigenvalue weighted by atomic mass is 9.68. The number of rotatable bonds is 10. The molecule has 10 heteroatoms. The molecule has 0 unspecified atom stereocenters. The monoisotopic (exact) mass is 916 g/mol. The summed E-state index contributed by atoms with van der Waals surface area (Å²) in [4.78, 5) is 0. The summed E-state index contributed by atoms with van der Waals surface area (Å²) in [5, 5.41) is 38.3. The molecule has 6 atom stereocenters. The Bertz CT molecular complexity index is 2910. The summed E-state index contributed by atoms with van der Waals surface area (Å²) in [6.07, 6.45) is 17.1. The molecule has 0 aliphatic heterocycles. The fraction of sp³-hybridized carbons (Fsp3) is 0.321. The van der Waals surface area contributed by atoms with E-state index in [2.05, 4.69) is 95.5 Å². The third-order valence-electron chi connectivity index (χ3n) is 15.6. The van der Waals surface area contributed by atoms with Crippen molar-refractivity contribution >= 4 is 55.0 Å². The van der Waals surface area contributed by atoms with Gasteiger partial charge < -0.3 is 10.2 Å². The van der Waals surface area contributed by atoms with Crippen molar-refractivity contribution in [2.75, 3.05) is 0 Å². The fourth-order valence-electron chi connectivity index (χ4n) is 11.9. The largest absolute Gasteiger partial charge is 0.393 e. The molecule has 6 nitrogen and oxygen atoms in total. The van der Waals surface area contributed by atoms with E-state index in [1.807, 2.05) is 21.8 Å². The van der Waals surface area contributed by atoms with E-state index in [4.69, 9.17) is 0 Å². The van der Waals surface area contributed by atoms with Gasteiger partial charge >= 0.3 is 0 Å². The van der Waals surface area contributed by atoms with Crippen molar-refractivity contribution in [1.82, 2.24) is 19.6 Å². The van der Waals surface area contributed by atoms with Gasteiger partial charge in [-0.3, -0.25) is 0 Å². The Morgan fingerprint density at radius 2 is 1.02 bits per heavy atom. The molecule has 0 bridgehead atoms. The van der Waals surface area contributed by atoms with Crippen LogP contribution < -0.4 is 0 Å². The fourth-order valence-corrected chi connectivity index (χ4v) is 13.9. The number of halogens is 2. The van der Waals surface area contributed by atoms with Crippen LogP contribution in [0.3, 0.4) is 0 Å². The van der Waals surface area contributed by atoms with Gasteiger partial charge in [-0.25, -0.2) is 18.1 Å². The smallest absolute Gasteiger partial charge is 0.123 e. The van der Waals surface area contributed by atoms with Gasteiger partial charge in [0.05, 0.1) is 47.4 Å². The summed E-state index contributed by atoms with van der Waals surface area (Å²) in [6, 6.07) is 29.9. The third-order valence-corrected chi connectivity index (χ3v) is 17.6. The topological polar surface area (TPSA) is 76.1 Å². The predicted octanol–water partition coefficient (Wildman–Crippen LogP) is 13.2. The first-order chi connectivity index (χ1) is 32.0. The molecule has 0 radical (unpaired) electrons. The van der Waals surface area contributed by atoms with E-state index in [0.717, 1.165) is 74.1 Å². The van der Waals surface area contributed by atoms with Crippen LogP contribution in [-0.2, 0) is 25.7 Å². The minimum absolute atomic E-state index is 0.0569. The molecule has 4 aromatic carbocycles. The molecule has 8 aromatic rings. The Hall–Kier alpha value is -5.52. The Labute approximate surface area is 392 Å². The highest BCUT2D eigenvalue weighted by Gasteiger charge is 2.47. The number of fused-ring (bicyclic) bond motifs is 6. The van der Waals surface area contributed by atoms with Crippen LogP contribution >= 0.6 is 22.7 Å². The Balaban J connectivity index is 0.000000146. The second-order valence-corrected chi connectivity index (χ2v) is 21.4. The van der Waals surface area contributed by atoms with Gasteiger partial charge in [0.2, 0.25) is 0 Å². The molecule has 12 rings (SSSR count). The molecule has 2 N–H and O–H groups in total. The van der Waals surface area contributed by atoms with Crippen LogP contribution in [0.2, 0.25) is 0 Å². The van der Waals surface area contributed by atoms with Crippen LogP contribution in [0.15, 0.2) is 131 Å². The number of aliphatic hydroxyl groups excluding tert-OH is 2. The summed E-state index contributed by atoms with van der Waals surface area (Å²) < 4.78 is 33.2. The summed E-state index contributed by atoms with van der Waals surface area (Å²) in [6.45, 7) is 4.72. The van der Waals surface area contributed by atoms with Crippen LogP contribution in [0.25, 0.3) is 43.7 Å². The standard InChI is InChI=1S/2C28H27FN2OS/c2*1-28-15-19-16-30-31(23-10-8-22(29)9-11-23)26(19)14-21(28)7-6-20(28)13-24(32)12-18-17-33-27-5-3-2-4-25(18)27/h2*2-5,8-11,14,16-17,20,24,32H,6-7,12-13,15H2,1H3/t20-,24+,28-;20-,24-,28-/m11/s1. The SMILES string of the molecule is C[C@]12Cc3cnn(-c4ccc(F)cc4)c3C=C1CC[C@@H]2C[C@@H](O)Cc1csc2ccccc12.C[C@]12Cc3cnn(-c4ccc(F)cc4)c3C=C1CC[C@@H]2C[C@H](O)Cc1csc2ccccc12. The highest BCUT2D eigenvalue weighted by molar-refractivity contribution is 7.17. The van der Waals surface area contributed by atoms with Gasteiger partial charge in [0.15, 0.2) is 0 Å². The van der Waals surface area contributed by atoms with Crippen molar-refractivity contribution in [3.05, 3.63) is 177 Å². The van der Waals surface area contributed by atoms with Crippen molar-refractivity contribution < 1.29 is 19.0 Å². The number of hydrogen-bond donors (Lipinski definition) is 2. The van der Waals surface area contributed by atoms with Crippen LogP contribution in [-0.4, -0.2) is 42.0 Å². The van der Waals surface area contributed by atoms with Gasteiger partial charge in [-0.05, 0) is 203 Å². The highest BCUT2D eigenvalue weighted by atomic mass is 32.1. The van der Waals surface area contributed by atoms with Gasteiger partial charge in [0, 0.05) is 9.40 Å². The predicted molar refractivity (Wildman–Crippen MR) is 264 cm³/mol. The molecule has 4 heterocycles. The maximum absolute atomic E-state index is 13.4. The molecule has 66 heavy (non-hydrogen) atoms. The van der Waals surface area contributed by atoms with Crippen molar-refractivity contribution in [2.45, 2.75) is 90.3 Å². The zero-order valence-electron chi connectivity index (χ0n) is 37.3. The summed E-state index contributed by atoms with van der Waals surface area (Å²) >= 11 is 3.52. The van der Waals surface area contributed by atoms with E-state index < -0.39 is 0 Å². The van der Waals surface area contributed by atoms with E-state index in [1.165, 1.54) is 77.8 Å². The molecule has 4 aromatic heterocycles. The molecule has 0 amide bonds. The number of benzene rings is 4. The van der Waals surface area contributed by atoms with Crippen LogP contribution in [0, 0.1) is 34.3 Å². The van der Waals surface area contributed by atoms with Crippen molar-refractivity contribution in [1.29, 1.82) is 0 Å². The first-order valence-corrected chi connectivity index (χ1v) is 25.1. The van der Waals surface area contributed by atoms with Crippen LogP contribution in [0.1, 0.15) is 86.0 Å². The molecular weight excluding hydrogens is 863 g/mol. The van der Waals surface area contributed by atoms with Gasteiger partial charge in [-0.1, -0.05) is 61.4 Å². The highest BCUT2D eigenvalue weighted by Crippen LogP contribution is 2.56. The quantitative estimate of drug-likeness (QED) is 0.143. The molecule has 4 aliphatic rings. The second kappa shape index (κ2) is 17.3. The number of thiophene rings is 2. The van der Waals surface area contributed by atoms with Crippen LogP contribution in [0.4, 0.5) is 8.78 Å². The Morgan fingerprint density at radius 3 is 1.44 bits per heavy atom. The average molecular weight is 917 g/mol. The zero-order valence-corrected chi connectivity index (χ0v) is 39.0. The lowest BCUT2D eigenvalue weighted by molar-refractivity contribution is 0.112. The van der Waals surface area contributed by atoms with E-state index in [1.54, 1.807) is 46.9 Å². The maximum Gasteiger partial charge on any atom is 0.123 e. The maximum atomic E-state index is 13.4. The van der Waals surface area contributed by atoms with Gasteiger partial charge in [0.1, 0.15) is 11.6 Å². The molecule has 336 valence electrons. The average Bonchev–Trinajstić information content (AvgIpc) is 4.19. The number of aromatic nitrogens is 4. The number of nitrogens with zero attached hydrogens (tertiary/aromatic N) is 4. The Kier molecular flexibility index (Phi) is 11.3. The molecule has 2 fully saturated rings. The Morgan fingerprint density at radius 1 is 0.606 bits per heavy atom. The normalized spacial score (nSPS) is 22.8. The summed E-state index contributed by atoms with van der Waals surface area (Å²) in [5.41, 5.74) is 12.0. The zero-order chi connectivity index (χ0) is 45.2. The molecule has 4 aliphatic carbocycles. The molecule has 2 saturated carbocycles. The lowest BCUT2D eigenvalue weighted by Crippen LogP contribution is -2.31. The second-order valence-electron chi connectivity index (χ2n) is 19.6. The minimum Gasteiger partial charge on any atom is -0.393 e. The number of allylic oxidation sites excluding steroid dienone is 2. The third kappa shape index (κ3) is 7.89. The summed E-state index contributed by atoms with van der Waals surface area (Å²) in [5.74, 6) is 0.425. The number of hydrogen-bond acceptors (Lipinski definition) is 6. The minimum atomic E-state index is -0.340. The number of aliphatic hydroxyl groups is 2. The van der Waals surface area contributed by atoms with Gasteiger partial charge in [-0.2, -0.15) is 10.2 Å². The van der Waals surface area contributed by atoms with E-state index in [-0.39, 0.29) is 34.7 Å². The first kappa shape index (κ1) is 43.1. The van der Waals surface area contributed by atoms with E-state index in [0.29, 0.717) is 24.7 Å². The van der Waals surface area contributed by atoms with E-state index >= 15 is 0 Å². The first-order valence-electron chi connectivity index (χ1n) is 23.4. The van der Waals surface area contributed by atoms with Crippen LogP contribution in [0.5, 0.6) is 0 Å². The van der Waals surface area contributed by atoms with Crippen molar-refractivity contribution in [3.8, 4) is 11.4 Å². The van der Waals surface area contributed by atoms with Gasteiger partial charge in [-0.15, -0.1) is 22.7 Å². The van der Waals surface area contributed by atoms with Crippen molar-refractivity contribution in [2.24, 2.45) is 22.7 Å². The van der Waals surface area contributed by atoms with Crippen molar-refractivity contribution in [3.63, 3.8) is 0 Å². The lowest BCUT2D eigenvalue weighted by Gasteiger charge is -2.37. The van der Waals surface area contributed by atoms with Gasteiger partial charge in [0.25, 0.3) is 0 Å².